The van der Waals surface area contributed by atoms with Gasteiger partial charge in [-0.05, 0) is 50.6 Å². The molecule has 1 fully saturated rings. The maximum Gasteiger partial charge on any atom is 0.0575 e. The van der Waals surface area contributed by atoms with Crippen LogP contribution in [0.5, 0.6) is 0 Å². The van der Waals surface area contributed by atoms with Crippen LogP contribution in [0.1, 0.15) is 43.0 Å². The molecule has 0 amide bonds. The molecule has 0 spiro atoms. The number of thiophene rings is 1. The highest BCUT2D eigenvalue weighted by atomic mass is 35.5. The third-order valence-corrected chi connectivity index (χ3v) is 4.83. The van der Waals surface area contributed by atoms with Crippen molar-refractivity contribution >= 4 is 22.9 Å². The van der Waals surface area contributed by atoms with Crippen LogP contribution in [0.3, 0.4) is 0 Å². The Kier molecular flexibility index (Phi) is 5.29. The summed E-state index contributed by atoms with van der Waals surface area (Å²) >= 11 is 7.91. The molecule has 2 unspecified atom stereocenters. The Morgan fingerprint density at radius 2 is 2.47 bits per heavy atom. The highest BCUT2D eigenvalue weighted by Crippen LogP contribution is 2.32. The quantitative estimate of drug-likeness (QED) is 0.875. The molecule has 0 radical (unpaired) electrons. The number of rotatable bonds is 5. The van der Waals surface area contributed by atoms with Gasteiger partial charge in [0.25, 0.3) is 0 Å². The zero-order chi connectivity index (χ0) is 12.1. The van der Waals surface area contributed by atoms with Gasteiger partial charge in [0.1, 0.15) is 0 Å². The largest absolute Gasteiger partial charge is 0.378 e. The van der Waals surface area contributed by atoms with Gasteiger partial charge < -0.3 is 10.1 Å². The summed E-state index contributed by atoms with van der Waals surface area (Å²) in [4.78, 5) is 1.25. The summed E-state index contributed by atoms with van der Waals surface area (Å²) in [6, 6.07) is 2.34. The van der Waals surface area contributed by atoms with Gasteiger partial charge in [0.2, 0.25) is 0 Å². The van der Waals surface area contributed by atoms with Crippen LogP contribution in [0.2, 0.25) is 5.02 Å². The third-order valence-electron chi connectivity index (χ3n) is 3.36. The minimum absolute atomic E-state index is 0.369. The Balaban J connectivity index is 1.85. The lowest BCUT2D eigenvalue weighted by molar-refractivity contribution is 0.00871. The molecule has 17 heavy (non-hydrogen) atoms. The van der Waals surface area contributed by atoms with Gasteiger partial charge in [0, 0.05) is 17.5 Å². The normalized spacial score (nSPS) is 22.6. The van der Waals surface area contributed by atoms with E-state index in [-0.39, 0.29) is 0 Å². The van der Waals surface area contributed by atoms with E-state index in [4.69, 9.17) is 16.3 Å². The SMILES string of the molecule is CNC(CCC1CCCCO1)c1sccc1Cl. The zero-order valence-electron chi connectivity index (χ0n) is 10.2. The van der Waals surface area contributed by atoms with Crippen LogP contribution in [-0.4, -0.2) is 19.8 Å². The standard InChI is InChI=1S/C13H20ClNOS/c1-15-12(13-11(14)7-9-17-13)6-5-10-4-2-3-8-16-10/h7,9-10,12,15H,2-6,8H2,1H3. The van der Waals surface area contributed by atoms with E-state index in [2.05, 4.69) is 10.7 Å². The second-order valence-electron chi connectivity index (χ2n) is 4.54. The Morgan fingerprint density at radius 1 is 1.59 bits per heavy atom. The Bertz CT molecular complexity index is 336. The minimum atomic E-state index is 0.369. The predicted octanol–water partition coefficient (Wildman–Crippen LogP) is 4.01. The highest BCUT2D eigenvalue weighted by Gasteiger charge is 2.19. The first-order chi connectivity index (χ1) is 8.31. The summed E-state index contributed by atoms with van der Waals surface area (Å²) in [5, 5.41) is 6.30. The average Bonchev–Trinajstić information content (AvgIpc) is 2.78. The molecule has 0 aromatic carbocycles. The summed E-state index contributed by atoms with van der Waals surface area (Å²) in [5.41, 5.74) is 0. The number of nitrogens with one attached hydrogen (secondary N) is 1. The summed E-state index contributed by atoms with van der Waals surface area (Å²) in [6.45, 7) is 0.939. The molecule has 96 valence electrons. The van der Waals surface area contributed by atoms with Crippen molar-refractivity contribution in [2.75, 3.05) is 13.7 Å². The molecule has 1 aliphatic rings. The van der Waals surface area contributed by atoms with E-state index in [1.54, 1.807) is 11.3 Å². The van der Waals surface area contributed by atoms with Crippen molar-refractivity contribution in [3.05, 3.63) is 21.3 Å². The molecule has 0 bridgehead atoms. The molecule has 1 aliphatic heterocycles. The van der Waals surface area contributed by atoms with Crippen LogP contribution >= 0.6 is 22.9 Å². The zero-order valence-corrected chi connectivity index (χ0v) is 11.8. The summed E-state index contributed by atoms with van der Waals surface area (Å²) in [6.07, 6.45) is 6.44. The second kappa shape index (κ2) is 6.74. The molecular formula is C13H20ClNOS. The fourth-order valence-electron chi connectivity index (χ4n) is 2.35. The Hall–Kier alpha value is -0.0900. The van der Waals surface area contributed by atoms with Gasteiger partial charge in [-0.15, -0.1) is 11.3 Å². The highest BCUT2D eigenvalue weighted by molar-refractivity contribution is 7.10. The van der Waals surface area contributed by atoms with E-state index in [0.29, 0.717) is 12.1 Å². The van der Waals surface area contributed by atoms with Gasteiger partial charge in [-0.1, -0.05) is 11.6 Å². The maximum atomic E-state index is 6.17. The van der Waals surface area contributed by atoms with Crippen molar-refractivity contribution in [1.82, 2.24) is 5.32 Å². The number of hydrogen-bond acceptors (Lipinski definition) is 3. The van der Waals surface area contributed by atoms with Gasteiger partial charge in [-0.25, -0.2) is 0 Å². The molecule has 1 aromatic rings. The van der Waals surface area contributed by atoms with Crippen molar-refractivity contribution in [3.8, 4) is 0 Å². The first kappa shape index (κ1) is 13.3. The molecular weight excluding hydrogens is 254 g/mol. The fourth-order valence-corrected chi connectivity index (χ4v) is 3.68. The van der Waals surface area contributed by atoms with E-state index >= 15 is 0 Å². The lowest BCUT2D eigenvalue weighted by Gasteiger charge is -2.24. The predicted molar refractivity (Wildman–Crippen MR) is 74.0 cm³/mol. The van der Waals surface area contributed by atoms with E-state index in [1.165, 1.54) is 24.1 Å². The lowest BCUT2D eigenvalue weighted by Crippen LogP contribution is -2.22. The Labute approximate surface area is 112 Å². The van der Waals surface area contributed by atoms with Gasteiger partial charge in [-0.3, -0.25) is 0 Å². The summed E-state index contributed by atoms with van der Waals surface area (Å²) < 4.78 is 5.76. The minimum Gasteiger partial charge on any atom is -0.378 e. The maximum absolute atomic E-state index is 6.17. The Morgan fingerprint density at radius 3 is 3.06 bits per heavy atom. The molecule has 2 nitrogen and oxygen atoms in total. The lowest BCUT2D eigenvalue weighted by atomic mass is 10.0. The summed E-state index contributed by atoms with van der Waals surface area (Å²) in [5.74, 6) is 0. The first-order valence-electron chi connectivity index (χ1n) is 6.33. The van der Waals surface area contributed by atoms with E-state index in [9.17, 15) is 0 Å². The van der Waals surface area contributed by atoms with Crippen molar-refractivity contribution in [2.24, 2.45) is 0 Å². The van der Waals surface area contributed by atoms with Gasteiger partial charge >= 0.3 is 0 Å². The van der Waals surface area contributed by atoms with Crippen LogP contribution in [-0.2, 0) is 4.74 Å². The van der Waals surface area contributed by atoms with Crippen LogP contribution in [0.4, 0.5) is 0 Å². The monoisotopic (exact) mass is 273 g/mol. The topological polar surface area (TPSA) is 21.3 Å². The smallest absolute Gasteiger partial charge is 0.0575 e. The number of ether oxygens (including phenoxy) is 1. The van der Waals surface area contributed by atoms with Gasteiger partial charge in [0.05, 0.1) is 11.1 Å². The molecule has 1 aromatic heterocycles. The van der Waals surface area contributed by atoms with Crippen LogP contribution in [0.15, 0.2) is 11.4 Å². The fraction of sp³-hybridized carbons (Fsp3) is 0.692. The molecule has 1 saturated heterocycles. The molecule has 4 heteroatoms. The van der Waals surface area contributed by atoms with Crippen LogP contribution < -0.4 is 5.32 Å². The van der Waals surface area contributed by atoms with Crippen LogP contribution in [0.25, 0.3) is 0 Å². The summed E-state index contributed by atoms with van der Waals surface area (Å²) in [7, 11) is 2.00. The number of hydrogen-bond donors (Lipinski definition) is 1. The van der Waals surface area contributed by atoms with Gasteiger partial charge in [-0.2, -0.15) is 0 Å². The van der Waals surface area contributed by atoms with E-state index < -0.39 is 0 Å². The van der Waals surface area contributed by atoms with Crippen molar-refractivity contribution < 1.29 is 4.74 Å². The molecule has 2 heterocycles. The molecule has 2 atom stereocenters. The number of halogens is 1. The third kappa shape index (κ3) is 3.68. The van der Waals surface area contributed by atoms with Crippen molar-refractivity contribution in [3.63, 3.8) is 0 Å². The van der Waals surface area contributed by atoms with Gasteiger partial charge in [0.15, 0.2) is 0 Å². The molecule has 2 rings (SSSR count). The first-order valence-corrected chi connectivity index (χ1v) is 7.58. The second-order valence-corrected chi connectivity index (χ2v) is 5.89. The van der Waals surface area contributed by atoms with E-state index in [0.717, 1.165) is 24.5 Å². The van der Waals surface area contributed by atoms with Crippen LogP contribution in [0, 0.1) is 0 Å². The van der Waals surface area contributed by atoms with E-state index in [1.807, 2.05) is 13.1 Å². The molecule has 1 N–H and O–H groups in total. The molecule has 0 aliphatic carbocycles. The van der Waals surface area contributed by atoms with Crippen molar-refractivity contribution in [2.45, 2.75) is 44.2 Å². The molecule has 0 saturated carbocycles. The average molecular weight is 274 g/mol. The van der Waals surface area contributed by atoms with Crippen molar-refractivity contribution in [1.29, 1.82) is 0 Å².